The third-order valence-corrected chi connectivity index (χ3v) is 6.56. The average molecular weight is 525 g/mol. The van der Waals surface area contributed by atoms with E-state index < -0.39 is 0 Å². The predicted octanol–water partition coefficient (Wildman–Crippen LogP) is 7.79. The van der Waals surface area contributed by atoms with Crippen LogP contribution in [0.1, 0.15) is 47.3 Å². The first-order chi connectivity index (χ1) is 19.0. The fourth-order valence-electron chi connectivity index (χ4n) is 4.26. The lowest BCUT2D eigenvalue weighted by Crippen LogP contribution is -2.19. The first-order valence-electron chi connectivity index (χ1n) is 13.8. The van der Waals surface area contributed by atoms with Crippen molar-refractivity contribution in [2.75, 3.05) is 34.2 Å². The topological polar surface area (TPSA) is 33.7 Å². The molecule has 2 unspecified atom stereocenters. The van der Waals surface area contributed by atoms with E-state index in [1.54, 1.807) is 0 Å². The SMILES string of the molecule is CNCCC(Oc1ccccc1C)c1ccccc1.Cc1ccccc1OC(CCN(C)C)c1ccccc1. The molecule has 0 aromatic heterocycles. The van der Waals surface area contributed by atoms with Crippen LogP contribution in [0.4, 0.5) is 0 Å². The third-order valence-electron chi connectivity index (χ3n) is 6.56. The maximum absolute atomic E-state index is 6.26. The molecule has 2 atom stereocenters. The summed E-state index contributed by atoms with van der Waals surface area (Å²) in [6, 6.07) is 37.2. The largest absolute Gasteiger partial charge is 0.485 e. The molecular weight excluding hydrogens is 480 g/mol. The Balaban J connectivity index is 0.000000216. The number of hydrogen-bond acceptors (Lipinski definition) is 4. The van der Waals surface area contributed by atoms with Gasteiger partial charge in [0, 0.05) is 19.4 Å². The molecule has 0 radical (unpaired) electrons. The fourth-order valence-corrected chi connectivity index (χ4v) is 4.26. The van der Waals surface area contributed by atoms with Crippen molar-refractivity contribution in [1.82, 2.24) is 10.2 Å². The molecule has 39 heavy (non-hydrogen) atoms. The van der Waals surface area contributed by atoms with E-state index in [1.165, 1.54) is 22.3 Å². The molecule has 0 fully saturated rings. The van der Waals surface area contributed by atoms with E-state index in [0.717, 1.165) is 37.4 Å². The highest BCUT2D eigenvalue weighted by atomic mass is 16.5. The Hall–Kier alpha value is -3.60. The Kier molecular flexibility index (Phi) is 12.6. The van der Waals surface area contributed by atoms with Gasteiger partial charge in [0.2, 0.25) is 0 Å². The van der Waals surface area contributed by atoms with Crippen LogP contribution in [0.5, 0.6) is 11.5 Å². The van der Waals surface area contributed by atoms with Crippen molar-refractivity contribution < 1.29 is 9.47 Å². The molecule has 4 nitrogen and oxygen atoms in total. The van der Waals surface area contributed by atoms with Crippen LogP contribution in [0, 0.1) is 13.8 Å². The second-order valence-electron chi connectivity index (χ2n) is 10.0. The van der Waals surface area contributed by atoms with Crippen LogP contribution >= 0.6 is 0 Å². The van der Waals surface area contributed by atoms with E-state index in [4.69, 9.17) is 9.47 Å². The summed E-state index contributed by atoms with van der Waals surface area (Å²) < 4.78 is 12.4. The van der Waals surface area contributed by atoms with Crippen molar-refractivity contribution in [3.05, 3.63) is 131 Å². The number of nitrogens with zero attached hydrogens (tertiary/aromatic N) is 1. The van der Waals surface area contributed by atoms with E-state index in [-0.39, 0.29) is 12.2 Å². The molecule has 0 heterocycles. The molecule has 0 saturated carbocycles. The van der Waals surface area contributed by atoms with Gasteiger partial charge in [-0.2, -0.15) is 0 Å². The summed E-state index contributed by atoms with van der Waals surface area (Å²) in [6.07, 6.45) is 2.12. The third kappa shape index (κ3) is 10.2. The summed E-state index contributed by atoms with van der Waals surface area (Å²) in [6.45, 7) is 6.11. The van der Waals surface area contributed by atoms with Crippen molar-refractivity contribution in [3.8, 4) is 11.5 Å². The summed E-state index contributed by atoms with van der Waals surface area (Å²) >= 11 is 0. The summed E-state index contributed by atoms with van der Waals surface area (Å²) in [5, 5.41) is 3.19. The molecule has 0 aliphatic carbocycles. The van der Waals surface area contributed by atoms with Gasteiger partial charge in [-0.05, 0) is 75.9 Å². The van der Waals surface area contributed by atoms with Crippen molar-refractivity contribution >= 4 is 0 Å². The van der Waals surface area contributed by atoms with E-state index in [0.29, 0.717) is 0 Å². The molecule has 0 aliphatic heterocycles. The molecule has 4 aromatic rings. The summed E-state index contributed by atoms with van der Waals surface area (Å²) in [5.41, 5.74) is 4.81. The monoisotopic (exact) mass is 524 g/mol. The Morgan fingerprint density at radius 2 is 1.00 bits per heavy atom. The van der Waals surface area contributed by atoms with Crippen LogP contribution in [0.3, 0.4) is 0 Å². The number of rotatable bonds is 12. The van der Waals surface area contributed by atoms with Gasteiger partial charge in [0.15, 0.2) is 0 Å². The second-order valence-corrected chi connectivity index (χ2v) is 10.0. The summed E-state index contributed by atoms with van der Waals surface area (Å²) in [4.78, 5) is 2.19. The standard InChI is InChI=1S/C18H23NO.C17H21NO/c1-15-9-7-8-12-17(15)20-18(13-14-19(2)3)16-10-5-4-6-11-16;1-14-8-6-7-11-16(14)19-17(12-13-18-2)15-9-4-3-5-10-15/h4-12,18H,13-14H2,1-3H3;3-11,17-18H,12-13H2,1-2H3. The zero-order valence-corrected chi connectivity index (χ0v) is 24.1. The lowest BCUT2D eigenvalue weighted by molar-refractivity contribution is 0.178. The van der Waals surface area contributed by atoms with Crippen LogP contribution in [0.15, 0.2) is 109 Å². The molecule has 0 saturated heterocycles. The Bertz CT molecular complexity index is 1210. The zero-order valence-electron chi connectivity index (χ0n) is 24.1. The smallest absolute Gasteiger partial charge is 0.125 e. The van der Waals surface area contributed by atoms with Crippen molar-refractivity contribution in [2.24, 2.45) is 0 Å². The molecule has 0 amide bonds. The highest BCUT2D eigenvalue weighted by Crippen LogP contribution is 2.28. The zero-order chi connectivity index (χ0) is 27.9. The van der Waals surface area contributed by atoms with Gasteiger partial charge in [-0.25, -0.2) is 0 Å². The summed E-state index contributed by atoms with van der Waals surface area (Å²) in [5.74, 6) is 1.94. The van der Waals surface area contributed by atoms with Crippen molar-refractivity contribution in [3.63, 3.8) is 0 Å². The Labute approximate surface area is 235 Å². The van der Waals surface area contributed by atoms with Gasteiger partial charge >= 0.3 is 0 Å². The molecule has 0 aliphatic rings. The van der Waals surface area contributed by atoms with Crippen LogP contribution in [-0.4, -0.2) is 39.1 Å². The normalized spacial score (nSPS) is 12.3. The molecule has 0 bridgehead atoms. The van der Waals surface area contributed by atoms with Crippen LogP contribution < -0.4 is 14.8 Å². The van der Waals surface area contributed by atoms with E-state index in [1.807, 2.05) is 55.6 Å². The number of ether oxygens (including phenoxy) is 2. The minimum atomic E-state index is 0.0924. The number of benzene rings is 4. The quantitative estimate of drug-likeness (QED) is 0.205. The lowest BCUT2D eigenvalue weighted by Gasteiger charge is -2.22. The highest BCUT2D eigenvalue weighted by molar-refractivity contribution is 5.34. The number of aryl methyl sites for hydroxylation is 2. The number of para-hydroxylation sites is 2. The average Bonchev–Trinajstić information content (AvgIpc) is 2.96. The maximum Gasteiger partial charge on any atom is 0.125 e. The maximum atomic E-state index is 6.26. The molecule has 4 heteroatoms. The molecule has 206 valence electrons. The van der Waals surface area contributed by atoms with Gasteiger partial charge in [-0.15, -0.1) is 0 Å². The summed E-state index contributed by atoms with van der Waals surface area (Å²) in [7, 11) is 6.15. The van der Waals surface area contributed by atoms with Gasteiger partial charge in [-0.1, -0.05) is 97.1 Å². The van der Waals surface area contributed by atoms with E-state index in [9.17, 15) is 0 Å². The lowest BCUT2D eigenvalue weighted by atomic mass is 10.1. The minimum Gasteiger partial charge on any atom is -0.485 e. The second kappa shape index (κ2) is 16.4. The van der Waals surface area contributed by atoms with Gasteiger partial charge in [0.1, 0.15) is 23.7 Å². The van der Waals surface area contributed by atoms with E-state index in [2.05, 4.69) is 98.8 Å². The van der Waals surface area contributed by atoms with Crippen LogP contribution in [0.25, 0.3) is 0 Å². The Morgan fingerprint density at radius 3 is 1.41 bits per heavy atom. The first-order valence-corrected chi connectivity index (χ1v) is 13.8. The van der Waals surface area contributed by atoms with Gasteiger partial charge in [0.25, 0.3) is 0 Å². The van der Waals surface area contributed by atoms with Gasteiger partial charge in [-0.3, -0.25) is 0 Å². The number of nitrogens with one attached hydrogen (secondary N) is 1. The fraction of sp³-hybridized carbons (Fsp3) is 0.314. The van der Waals surface area contributed by atoms with Crippen LogP contribution in [-0.2, 0) is 0 Å². The first kappa shape index (κ1) is 29.9. The molecule has 4 rings (SSSR count). The van der Waals surface area contributed by atoms with Gasteiger partial charge < -0.3 is 19.7 Å². The van der Waals surface area contributed by atoms with Crippen molar-refractivity contribution in [2.45, 2.75) is 38.9 Å². The van der Waals surface area contributed by atoms with E-state index >= 15 is 0 Å². The molecular formula is C35H44N2O2. The van der Waals surface area contributed by atoms with Crippen LogP contribution in [0.2, 0.25) is 0 Å². The molecule has 4 aromatic carbocycles. The highest BCUT2D eigenvalue weighted by Gasteiger charge is 2.15. The van der Waals surface area contributed by atoms with Crippen molar-refractivity contribution in [1.29, 1.82) is 0 Å². The molecule has 1 N–H and O–H groups in total. The van der Waals surface area contributed by atoms with Gasteiger partial charge in [0.05, 0.1) is 0 Å². The minimum absolute atomic E-state index is 0.0924. The predicted molar refractivity (Wildman–Crippen MR) is 164 cm³/mol. The Morgan fingerprint density at radius 1 is 0.590 bits per heavy atom. The number of hydrogen-bond donors (Lipinski definition) is 1. The molecule has 0 spiro atoms.